The van der Waals surface area contributed by atoms with Gasteiger partial charge in [0.15, 0.2) is 0 Å². The van der Waals surface area contributed by atoms with Gasteiger partial charge in [0.1, 0.15) is 5.82 Å². The molecule has 1 nitrogen and oxygen atoms in total. The predicted molar refractivity (Wildman–Crippen MR) is 87.7 cm³/mol. The van der Waals surface area contributed by atoms with Crippen molar-refractivity contribution < 1.29 is 9.50 Å². The zero-order valence-corrected chi connectivity index (χ0v) is 13.9. The normalized spacial score (nSPS) is 12.7. The van der Waals surface area contributed by atoms with Crippen LogP contribution in [0, 0.1) is 11.7 Å². The highest BCUT2D eigenvalue weighted by Crippen LogP contribution is 2.23. The van der Waals surface area contributed by atoms with Gasteiger partial charge in [0.25, 0.3) is 0 Å². The van der Waals surface area contributed by atoms with Crippen molar-refractivity contribution in [1.82, 2.24) is 0 Å². The van der Waals surface area contributed by atoms with Crippen LogP contribution in [0.1, 0.15) is 36.6 Å². The lowest BCUT2D eigenvalue weighted by molar-refractivity contribution is 0.177. The molecular formula is C18H20BrFO. The Kier molecular flexibility index (Phi) is 5.54. The maximum absolute atomic E-state index is 13.7. The molecule has 2 rings (SSSR count). The summed E-state index contributed by atoms with van der Waals surface area (Å²) >= 11 is 3.33. The third kappa shape index (κ3) is 4.65. The number of aliphatic hydroxyl groups is 1. The van der Waals surface area contributed by atoms with E-state index in [1.54, 1.807) is 12.1 Å². The van der Waals surface area contributed by atoms with Crippen LogP contribution in [0.3, 0.4) is 0 Å². The minimum absolute atomic E-state index is 0.273. The minimum atomic E-state index is -0.693. The van der Waals surface area contributed by atoms with Crippen LogP contribution in [-0.2, 0) is 12.8 Å². The Morgan fingerprint density at radius 3 is 2.33 bits per heavy atom. The van der Waals surface area contributed by atoms with E-state index in [-0.39, 0.29) is 12.2 Å². The summed E-state index contributed by atoms with van der Waals surface area (Å²) in [6.45, 7) is 4.36. The molecule has 0 spiro atoms. The number of hydrogen-bond acceptors (Lipinski definition) is 1. The predicted octanol–water partition coefficient (Wildman–Crippen LogP) is 5.06. The maximum atomic E-state index is 13.7. The topological polar surface area (TPSA) is 20.2 Å². The first-order valence-corrected chi connectivity index (χ1v) is 7.96. The van der Waals surface area contributed by atoms with Crippen molar-refractivity contribution in [2.75, 3.05) is 0 Å². The molecule has 0 fully saturated rings. The van der Waals surface area contributed by atoms with Gasteiger partial charge < -0.3 is 5.11 Å². The maximum Gasteiger partial charge on any atom is 0.126 e. The molecule has 0 amide bonds. The summed E-state index contributed by atoms with van der Waals surface area (Å²) in [5, 5.41) is 10.3. The van der Waals surface area contributed by atoms with Crippen LogP contribution in [-0.4, -0.2) is 5.11 Å². The molecule has 1 N–H and O–H groups in total. The second-order valence-electron chi connectivity index (χ2n) is 5.80. The van der Waals surface area contributed by atoms with E-state index < -0.39 is 6.10 Å². The van der Waals surface area contributed by atoms with Crippen LogP contribution >= 0.6 is 15.9 Å². The van der Waals surface area contributed by atoms with Crippen LogP contribution in [0.25, 0.3) is 0 Å². The molecular weight excluding hydrogens is 331 g/mol. The SMILES string of the molecule is CC(C)Cc1ccc(C(O)Cc2cc(Br)ccc2F)cc1. The van der Waals surface area contributed by atoms with E-state index in [1.165, 1.54) is 11.6 Å². The van der Waals surface area contributed by atoms with E-state index >= 15 is 0 Å². The van der Waals surface area contributed by atoms with Crippen molar-refractivity contribution in [3.8, 4) is 0 Å². The summed E-state index contributed by atoms with van der Waals surface area (Å²) in [7, 11) is 0. The highest BCUT2D eigenvalue weighted by molar-refractivity contribution is 9.10. The van der Waals surface area contributed by atoms with E-state index in [0.29, 0.717) is 11.5 Å². The lowest BCUT2D eigenvalue weighted by Crippen LogP contribution is -2.04. The van der Waals surface area contributed by atoms with Gasteiger partial charge in [0.05, 0.1) is 6.10 Å². The smallest absolute Gasteiger partial charge is 0.126 e. The van der Waals surface area contributed by atoms with Crippen LogP contribution in [0.2, 0.25) is 0 Å². The van der Waals surface area contributed by atoms with Crippen molar-refractivity contribution in [3.63, 3.8) is 0 Å². The van der Waals surface area contributed by atoms with Gasteiger partial charge in [-0.15, -0.1) is 0 Å². The Hall–Kier alpha value is -1.19. The quantitative estimate of drug-likeness (QED) is 0.798. The molecule has 2 aromatic carbocycles. The van der Waals surface area contributed by atoms with Crippen molar-refractivity contribution in [2.45, 2.75) is 32.8 Å². The zero-order chi connectivity index (χ0) is 15.4. The summed E-state index contributed by atoms with van der Waals surface area (Å²) in [6, 6.07) is 12.7. The number of hydrogen-bond donors (Lipinski definition) is 1. The molecule has 0 radical (unpaired) electrons. The first-order chi connectivity index (χ1) is 9.95. The monoisotopic (exact) mass is 350 g/mol. The average molecular weight is 351 g/mol. The average Bonchev–Trinajstić information content (AvgIpc) is 2.43. The van der Waals surface area contributed by atoms with E-state index in [0.717, 1.165) is 16.5 Å². The highest BCUT2D eigenvalue weighted by atomic mass is 79.9. The number of benzene rings is 2. The highest BCUT2D eigenvalue weighted by Gasteiger charge is 2.12. The molecule has 0 saturated heterocycles. The van der Waals surface area contributed by atoms with Gasteiger partial charge in [-0.1, -0.05) is 54.0 Å². The molecule has 0 bridgehead atoms. The van der Waals surface area contributed by atoms with Gasteiger partial charge in [0.2, 0.25) is 0 Å². The Morgan fingerprint density at radius 1 is 1.05 bits per heavy atom. The molecule has 0 aliphatic carbocycles. The van der Waals surface area contributed by atoms with Gasteiger partial charge in [-0.2, -0.15) is 0 Å². The van der Waals surface area contributed by atoms with E-state index in [4.69, 9.17) is 0 Å². The summed E-state index contributed by atoms with van der Waals surface area (Å²) in [5.74, 6) is 0.324. The number of aliphatic hydroxyl groups excluding tert-OH is 1. The second kappa shape index (κ2) is 7.19. The van der Waals surface area contributed by atoms with Crippen molar-refractivity contribution >= 4 is 15.9 Å². The molecule has 3 heteroatoms. The van der Waals surface area contributed by atoms with Crippen LogP contribution in [0.15, 0.2) is 46.9 Å². The Morgan fingerprint density at radius 2 is 1.71 bits per heavy atom. The lowest BCUT2D eigenvalue weighted by atomic mass is 9.97. The fourth-order valence-electron chi connectivity index (χ4n) is 2.37. The van der Waals surface area contributed by atoms with Gasteiger partial charge in [-0.05, 0) is 47.2 Å². The summed E-state index contributed by atoms with van der Waals surface area (Å²) in [5.41, 5.74) is 2.60. The Labute approximate surface area is 134 Å². The van der Waals surface area contributed by atoms with Crippen LogP contribution in [0.4, 0.5) is 4.39 Å². The molecule has 0 aliphatic rings. The third-order valence-electron chi connectivity index (χ3n) is 3.43. The fourth-order valence-corrected chi connectivity index (χ4v) is 2.78. The van der Waals surface area contributed by atoms with E-state index in [2.05, 4.69) is 29.8 Å². The van der Waals surface area contributed by atoms with E-state index in [1.807, 2.05) is 24.3 Å². The minimum Gasteiger partial charge on any atom is -0.388 e. The third-order valence-corrected chi connectivity index (χ3v) is 3.92. The molecule has 0 saturated carbocycles. The first-order valence-electron chi connectivity index (χ1n) is 7.16. The molecule has 1 unspecified atom stereocenters. The molecule has 2 aromatic rings. The molecule has 1 atom stereocenters. The van der Waals surface area contributed by atoms with E-state index in [9.17, 15) is 9.50 Å². The summed E-state index contributed by atoms with van der Waals surface area (Å²) in [4.78, 5) is 0. The second-order valence-corrected chi connectivity index (χ2v) is 6.71. The fraction of sp³-hybridized carbons (Fsp3) is 0.333. The van der Waals surface area contributed by atoms with Crippen LogP contribution in [0.5, 0.6) is 0 Å². The number of rotatable bonds is 5. The van der Waals surface area contributed by atoms with Crippen molar-refractivity contribution in [3.05, 3.63) is 69.4 Å². The lowest BCUT2D eigenvalue weighted by Gasteiger charge is -2.13. The summed E-state index contributed by atoms with van der Waals surface area (Å²) in [6.07, 6.45) is 0.604. The molecule has 0 heterocycles. The van der Waals surface area contributed by atoms with Gasteiger partial charge in [0, 0.05) is 10.9 Å². The first kappa shape index (κ1) is 16.2. The zero-order valence-electron chi connectivity index (χ0n) is 12.3. The summed E-state index contributed by atoms with van der Waals surface area (Å²) < 4.78 is 14.5. The molecule has 112 valence electrons. The van der Waals surface area contributed by atoms with Gasteiger partial charge in [-0.3, -0.25) is 0 Å². The molecule has 0 aromatic heterocycles. The standard InChI is InChI=1S/C18H20BrFO/c1-12(2)9-13-3-5-14(6-4-13)18(21)11-15-10-16(19)7-8-17(15)20/h3-8,10,12,18,21H,9,11H2,1-2H3. The largest absolute Gasteiger partial charge is 0.388 e. The Balaban J connectivity index is 2.09. The van der Waals surface area contributed by atoms with Crippen molar-refractivity contribution in [2.24, 2.45) is 5.92 Å². The van der Waals surface area contributed by atoms with Gasteiger partial charge in [-0.25, -0.2) is 4.39 Å². The molecule has 0 aliphatic heterocycles. The van der Waals surface area contributed by atoms with Crippen LogP contribution < -0.4 is 0 Å². The van der Waals surface area contributed by atoms with Crippen molar-refractivity contribution in [1.29, 1.82) is 0 Å². The number of halogens is 2. The molecule has 21 heavy (non-hydrogen) atoms. The van der Waals surface area contributed by atoms with Gasteiger partial charge >= 0.3 is 0 Å². The Bertz CT molecular complexity index is 593.